The zero-order valence-electron chi connectivity index (χ0n) is 15.0. The molecule has 6 heteroatoms. The Kier molecular flexibility index (Phi) is 4.88. The number of carbonyl (C=O) groups excluding carboxylic acids is 2. The summed E-state index contributed by atoms with van der Waals surface area (Å²) in [4.78, 5) is 26.9. The van der Waals surface area contributed by atoms with Crippen LogP contribution in [0, 0.1) is 6.92 Å². The minimum absolute atomic E-state index is 0.00368. The topological polar surface area (TPSA) is 67.2 Å². The van der Waals surface area contributed by atoms with Crippen molar-refractivity contribution in [1.29, 1.82) is 0 Å². The number of aromatic nitrogens is 2. The van der Waals surface area contributed by atoms with E-state index in [2.05, 4.69) is 10.4 Å². The molecule has 0 radical (unpaired) electrons. The quantitative estimate of drug-likeness (QED) is 0.927. The highest BCUT2D eigenvalue weighted by Crippen LogP contribution is 2.28. The second-order valence-corrected chi connectivity index (χ2v) is 6.54. The maximum atomic E-state index is 12.7. The first-order valence-corrected chi connectivity index (χ1v) is 8.64. The van der Waals surface area contributed by atoms with Crippen molar-refractivity contribution in [3.63, 3.8) is 0 Å². The molecule has 1 atom stereocenters. The standard InChI is InChI=1S/C19H24N4O2/c1-13-11-16(22(3)21-13)12-20-19(25)14(2)23-17-9-5-4-7-15(17)8-6-10-18(23)24/h4-5,7,9,11,14H,6,8,10,12H2,1-3H3,(H,20,25)/t14-/m1/s1. The Morgan fingerprint density at radius 1 is 1.32 bits per heavy atom. The molecule has 0 unspecified atom stereocenters. The first-order valence-electron chi connectivity index (χ1n) is 8.64. The number of hydrogen-bond donors (Lipinski definition) is 1. The molecule has 0 bridgehead atoms. The lowest BCUT2D eigenvalue weighted by atomic mass is 10.1. The Bertz CT molecular complexity index is 796. The highest BCUT2D eigenvalue weighted by molar-refractivity contribution is 6.01. The molecule has 1 aromatic carbocycles. The van der Waals surface area contributed by atoms with Crippen molar-refractivity contribution in [2.45, 2.75) is 45.7 Å². The van der Waals surface area contributed by atoms with Crippen LogP contribution in [0.25, 0.3) is 0 Å². The van der Waals surface area contributed by atoms with Crippen molar-refractivity contribution in [3.8, 4) is 0 Å². The van der Waals surface area contributed by atoms with Crippen LogP contribution >= 0.6 is 0 Å². The van der Waals surface area contributed by atoms with Gasteiger partial charge in [-0.1, -0.05) is 18.2 Å². The molecular weight excluding hydrogens is 316 g/mol. The Labute approximate surface area is 147 Å². The van der Waals surface area contributed by atoms with Crippen LogP contribution in [0.3, 0.4) is 0 Å². The Balaban J connectivity index is 1.76. The van der Waals surface area contributed by atoms with Crippen molar-refractivity contribution in [2.24, 2.45) is 7.05 Å². The minimum Gasteiger partial charge on any atom is -0.349 e. The number of carbonyl (C=O) groups is 2. The second-order valence-electron chi connectivity index (χ2n) is 6.54. The summed E-state index contributed by atoms with van der Waals surface area (Å²) in [7, 11) is 1.85. The lowest BCUT2D eigenvalue weighted by molar-refractivity contribution is -0.126. The van der Waals surface area contributed by atoms with Crippen LogP contribution in [0.4, 0.5) is 5.69 Å². The van der Waals surface area contributed by atoms with Gasteiger partial charge in [0.15, 0.2) is 0 Å². The molecule has 0 fully saturated rings. The third kappa shape index (κ3) is 3.57. The second kappa shape index (κ2) is 7.09. The largest absolute Gasteiger partial charge is 0.349 e. The lowest BCUT2D eigenvalue weighted by Crippen LogP contribution is -2.48. The number of amides is 2. The predicted octanol–water partition coefficient (Wildman–Crippen LogP) is 2.10. The van der Waals surface area contributed by atoms with Crippen molar-refractivity contribution in [1.82, 2.24) is 15.1 Å². The molecule has 132 valence electrons. The summed E-state index contributed by atoms with van der Waals surface area (Å²) in [6.45, 7) is 4.09. The first-order chi connectivity index (χ1) is 12.0. The van der Waals surface area contributed by atoms with Gasteiger partial charge in [-0.05, 0) is 44.4 Å². The molecule has 3 rings (SSSR count). The van der Waals surface area contributed by atoms with Gasteiger partial charge in [-0.25, -0.2) is 0 Å². The van der Waals surface area contributed by atoms with E-state index in [4.69, 9.17) is 0 Å². The summed E-state index contributed by atoms with van der Waals surface area (Å²) in [5.41, 5.74) is 3.82. The maximum absolute atomic E-state index is 12.7. The van der Waals surface area contributed by atoms with E-state index in [1.807, 2.05) is 44.3 Å². The van der Waals surface area contributed by atoms with Gasteiger partial charge in [-0.3, -0.25) is 19.2 Å². The molecule has 1 aromatic heterocycles. The van der Waals surface area contributed by atoms with Crippen LogP contribution < -0.4 is 10.2 Å². The van der Waals surface area contributed by atoms with Crippen molar-refractivity contribution in [2.75, 3.05) is 4.90 Å². The molecule has 2 heterocycles. The molecule has 1 aliphatic heterocycles. The molecule has 25 heavy (non-hydrogen) atoms. The highest BCUT2D eigenvalue weighted by Gasteiger charge is 2.30. The summed E-state index contributed by atoms with van der Waals surface area (Å²) in [5.74, 6) is -0.159. The SMILES string of the molecule is Cc1cc(CNC(=O)[C@@H](C)N2C(=O)CCCc3ccccc32)n(C)n1. The first kappa shape index (κ1) is 17.2. The summed E-state index contributed by atoms with van der Waals surface area (Å²) < 4.78 is 1.76. The number of hydrogen-bond acceptors (Lipinski definition) is 3. The highest BCUT2D eigenvalue weighted by atomic mass is 16.2. The van der Waals surface area contributed by atoms with E-state index in [0.29, 0.717) is 13.0 Å². The number of aryl methyl sites for hydroxylation is 3. The Morgan fingerprint density at radius 2 is 2.08 bits per heavy atom. The normalized spacial score (nSPS) is 15.5. The number of nitrogens with one attached hydrogen (secondary N) is 1. The maximum Gasteiger partial charge on any atom is 0.243 e. The zero-order chi connectivity index (χ0) is 18.0. The number of para-hydroxylation sites is 1. The molecule has 0 aliphatic carbocycles. The smallest absolute Gasteiger partial charge is 0.243 e. The molecule has 1 aliphatic rings. The van der Waals surface area contributed by atoms with Crippen LogP contribution in [-0.4, -0.2) is 27.6 Å². The average molecular weight is 340 g/mol. The summed E-state index contributed by atoms with van der Waals surface area (Å²) >= 11 is 0. The fourth-order valence-corrected chi connectivity index (χ4v) is 3.34. The van der Waals surface area contributed by atoms with E-state index < -0.39 is 6.04 Å². The van der Waals surface area contributed by atoms with Gasteiger partial charge in [0.1, 0.15) is 6.04 Å². The van der Waals surface area contributed by atoms with Gasteiger partial charge in [0.2, 0.25) is 11.8 Å². The van der Waals surface area contributed by atoms with Gasteiger partial charge in [0.25, 0.3) is 0 Å². The molecule has 2 amide bonds. The molecule has 0 saturated carbocycles. The van der Waals surface area contributed by atoms with E-state index in [1.165, 1.54) is 0 Å². The van der Waals surface area contributed by atoms with Gasteiger partial charge >= 0.3 is 0 Å². The van der Waals surface area contributed by atoms with E-state index in [9.17, 15) is 9.59 Å². The van der Waals surface area contributed by atoms with Gasteiger partial charge in [-0.2, -0.15) is 5.10 Å². The molecule has 2 aromatic rings. The van der Waals surface area contributed by atoms with E-state index in [1.54, 1.807) is 16.5 Å². The van der Waals surface area contributed by atoms with Crippen LogP contribution in [0.2, 0.25) is 0 Å². The number of benzene rings is 1. The Morgan fingerprint density at radius 3 is 2.80 bits per heavy atom. The molecule has 6 nitrogen and oxygen atoms in total. The molecular formula is C19H24N4O2. The minimum atomic E-state index is -0.555. The van der Waals surface area contributed by atoms with Gasteiger partial charge < -0.3 is 5.32 Å². The van der Waals surface area contributed by atoms with Crippen molar-refractivity contribution in [3.05, 3.63) is 47.3 Å². The third-order valence-electron chi connectivity index (χ3n) is 4.67. The summed E-state index contributed by atoms with van der Waals surface area (Å²) in [6.07, 6.45) is 2.14. The van der Waals surface area contributed by atoms with Crippen LogP contribution in [0.1, 0.15) is 36.7 Å². The monoisotopic (exact) mass is 340 g/mol. The molecule has 0 saturated heterocycles. The van der Waals surface area contributed by atoms with E-state index in [0.717, 1.165) is 35.5 Å². The van der Waals surface area contributed by atoms with Crippen LogP contribution in [0.15, 0.2) is 30.3 Å². The zero-order valence-corrected chi connectivity index (χ0v) is 15.0. The summed E-state index contributed by atoms with van der Waals surface area (Å²) in [6, 6.07) is 9.23. The van der Waals surface area contributed by atoms with Crippen molar-refractivity contribution >= 4 is 17.5 Å². The lowest BCUT2D eigenvalue weighted by Gasteiger charge is -2.28. The third-order valence-corrected chi connectivity index (χ3v) is 4.67. The fraction of sp³-hybridized carbons (Fsp3) is 0.421. The predicted molar refractivity (Wildman–Crippen MR) is 96.1 cm³/mol. The number of fused-ring (bicyclic) bond motifs is 1. The van der Waals surface area contributed by atoms with Crippen molar-refractivity contribution < 1.29 is 9.59 Å². The van der Waals surface area contributed by atoms with E-state index in [-0.39, 0.29) is 11.8 Å². The van der Waals surface area contributed by atoms with Gasteiger partial charge in [0, 0.05) is 19.2 Å². The average Bonchev–Trinajstić information content (AvgIpc) is 2.81. The van der Waals surface area contributed by atoms with Crippen LogP contribution in [-0.2, 0) is 29.6 Å². The number of rotatable bonds is 4. The summed E-state index contributed by atoms with van der Waals surface area (Å²) in [5, 5.41) is 7.21. The Hall–Kier alpha value is -2.63. The van der Waals surface area contributed by atoms with Gasteiger partial charge in [-0.15, -0.1) is 0 Å². The van der Waals surface area contributed by atoms with E-state index >= 15 is 0 Å². The fourth-order valence-electron chi connectivity index (χ4n) is 3.34. The number of anilines is 1. The molecule has 1 N–H and O–H groups in total. The van der Waals surface area contributed by atoms with Crippen LogP contribution in [0.5, 0.6) is 0 Å². The van der Waals surface area contributed by atoms with Gasteiger partial charge in [0.05, 0.1) is 17.9 Å². The molecule has 0 spiro atoms. The number of nitrogens with zero attached hydrogens (tertiary/aromatic N) is 3.